The Bertz CT molecular complexity index is 1470. The molecule has 0 spiro atoms. The Kier molecular flexibility index (Phi) is 22.1. The van der Waals surface area contributed by atoms with Crippen LogP contribution in [0.4, 0.5) is 9.59 Å². The Morgan fingerprint density at radius 2 is 1.14 bits per heavy atom. The Hall–Kier alpha value is -3.81. The number of nitrogens with two attached hydrogens (primary N) is 1. The molecule has 2 fully saturated rings. The second-order valence-electron chi connectivity index (χ2n) is 18.1. The molecule has 4 rings (SSSR count). The fourth-order valence-corrected chi connectivity index (χ4v) is 7.74. The zero-order chi connectivity index (χ0) is 45.7. The average Bonchev–Trinajstić information content (AvgIpc) is 3.79. The van der Waals surface area contributed by atoms with Crippen LogP contribution in [0.25, 0.3) is 0 Å². The molecular weight excluding hydrogens is 819 g/mol. The molecule has 0 aromatic rings. The van der Waals surface area contributed by atoms with Gasteiger partial charge in [0.2, 0.25) is 11.8 Å². The first-order valence-corrected chi connectivity index (χ1v) is 23.1. The molecule has 2 aliphatic heterocycles. The van der Waals surface area contributed by atoms with Crippen LogP contribution in [0, 0.1) is 5.41 Å². The van der Waals surface area contributed by atoms with E-state index in [1.165, 1.54) is 0 Å². The molecule has 7 N–H and O–H groups in total. The van der Waals surface area contributed by atoms with Gasteiger partial charge in [-0.25, -0.2) is 9.59 Å². The highest BCUT2D eigenvalue weighted by atomic mass is 16.8. The van der Waals surface area contributed by atoms with E-state index in [1.54, 1.807) is 13.8 Å². The molecule has 63 heavy (non-hydrogen) atoms. The lowest BCUT2D eigenvalue weighted by molar-refractivity contribution is -0.149. The van der Waals surface area contributed by atoms with E-state index >= 15 is 0 Å². The minimum atomic E-state index is -1.08. The molecule has 0 bridgehead atoms. The van der Waals surface area contributed by atoms with Gasteiger partial charge in [0.1, 0.15) is 25.3 Å². The molecule has 0 saturated carbocycles. The number of aliphatic carboxylic acids is 1. The predicted octanol–water partition coefficient (Wildman–Crippen LogP) is 4.87. The largest absolute Gasteiger partial charge is 0.481 e. The number of nitrogens with one attached hydrogen (secondary N) is 4. The number of ether oxygens (including phenoxy) is 7. The van der Waals surface area contributed by atoms with Crippen LogP contribution in [0.1, 0.15) is 130 Å². The predicted molar refractivity (Wildman–Crippen MR) is 232 cm³/mol. The van der Waals surface area contributed by atoms with Crippen molar-refractivity contribution in [2.75, 3.05) is 39.5 Å². The molecule has 6 atom stereocenters. The molecule has 0 aromatic carbocycles. The van der Waals surface area contributed by atoms with Crippen LogP contribution >= 0.6 is 0 Å². The molecule has 4 aliphatic rings. The van der Waals surface area contributed by atoms with Gasteiger partial charge in [-0.2, -0.15) is 0 Å². The molecule has 6 unspecified atom stereocenters. The Balaban J connectivity index is 1.28. The number of carbonyl (C=O) groups is 5. The van der Waals surface area contributed by atoms with Gasteiger partial charge in [0.15, 0.2) is 12.6 Å². The van der Waals surface area contributed by atoms with Crippen molar-refractivity contribution in [3.8, 4) is 0 Å². The molecule has 4 amide bonds. The first kappa shape index (κ1) is 51.8. The zero-order valence-corrected chi connectivity index (χ0v) is 37.9. The normalized spacial score (nSPS) is 25.6. The van der Waals surface area contributed by atoms with Gasteiger partial charge >= 0.3 is 18.2 Å². The summed E-state index contributed by atoms with van der Waals surface area (Å²) in [4.78, 5) is 64.6. The number of carbonyl (C=O) groups excluding carboxylic acids is 4. The maximum Gasteiger partial charge on any atom is 0.407 e. The van der Waals surface area contributed by atoms with E-state index in [9.17, 15) is 29.1 Å². The van der Waals surface area contributed by atoms with E-state index < -0.39 is 65.6 Å². The molecule has 0 radical (unpaired) electrons. The smallest absolute Gasteiger partial charge is 0.407 e. The zero-order valence-electron chi connectivity index (χ0n) is 37.9. The quantitative estimate of drug-likeness (QED) is 0.0529. The summed E-state index contributed by atoms with van der Waals surface area (Å²) in [5, 5.41) is 20.5. The van der Waals surface area contributed by atoms with Crippen LogP contribution in [-0.2, 0) is 47.5 Å². The number of rotatable bonds is 25. The average molecular weight is 894 g/mol. The highest BCUT2D eigenvalue weighted by molar-refractivity contribution is 5.91. The summed E-state index contributed by atoms with van der Waals surface area (Å²) < 4.78 is 40.8. The van der Waals surface area contributed by atoms with E-state index in [0.29, 0.717) is 51.5 Å². The molecule has 2 saturated heterocycles. The van der Waals surface area contributed by atoms with Crippen molar-refractivity contribution >= 4 is 30.0 Å². The van der Waals surface area contributed by atoms with Crippen LogP contribution in [0.15, 0.2) is 24.3 Å². The lowest BCUT2D eigenvalue weighted by Gasteiger charge is -2.28. The Labute approximate surface area is 372 Å². The molecule has 2 heterocycles. The Morgan fingerprint density at radius 3 is 1.65 bits per heavy atom. The first-order valence-electron chi connectivity index (χ1n) is 23.1. The summed E-state index contributed by atoms with van der Waals surface area (Å²) in [7, 11) is 0. The fourth-order valence-electron chi connectivity index (χ4n) is 7.74. The fraction of sp³-hybridized carbons (Fsp3) is 0.800. The summed E-state index contributed by atoms with van der Waals surface area (Å²) in [5.74, 6) is -1.88. The highest BCUT2D eigenvalue weighted by Crippen LogP contribution is 2.30. The molecule has 18 nitrogen and oxygen atoms in total. The first-order chi connectivity index (χ1) is 30.2. The Morgan fingerprint density at radius 1 is 0.651 bits per heavy atom. The van der Waals surface area contributed by atoms with Gasteiger partial charge in [-0.3, -0.25) is 14.4 Å². The molecule has 0 aromatic heterocycles. The minimum absolute atomic E-state index is 0.0196. The molecular formula is C45H75N5O13. The summed E-state index contributed by atoms with van der Waals surface area (Å²) in [6, 6.07) is -2.00. The van der Waals surface area contributed by atoms with Gasteiger partial charge in [-0.1, -0.05) is 24.3 Å². The van der Waals surface area contributed by atoms with Crippen LogP contribution in [0.5, 0.6) is 0 Å². The number of amides is 4. The van der Waals surface area contributed by atoms with Gasteiger partial charge < -0.3 is 65.3 Å². The van der Waals surface area contributed by atoms with Crippen molar-refractivity contribution in [1.82, 2.24) is 21.3 Å². The number of unbranched alkanes of at least 4 members (excludes halogenated alkanes) is 2. The monoisotopic (exact) mass is 894 g/mol. The van der Waals surface area contributed by atoms with Crippen molar-refractivity contribution < 1.29 is 62.2 Å². The van der Waals surface area contributed by atoms with Gasteiger partial charge in [0.25, 0.3) is 0 Å². The van der Waals surface area contributed by atoms with Crippen molar-refractivity contribution in [2.45, 2.75) is 185 Å². The second kappa shape index (κ2) is 26.9. The number of hydrogen-bond acceptors (Lipinski definition) is 13. The van der Waals surface area contributed by atoms with Crippen LogP contribution in [-0.4, -0.2) is 129 Å². The van der Waals surface area contributed by atoms with E-state index in [1.807, 2.05) is 13.8 Å². The number of allylic oxidation sites excluding steroid dienone is 4. The number of hydrogen-bond donors (Lipinski definition) is 6. The van der Waals surface area contributed by atoms with E-state index in [2.05, 4.69) is 45.6 Å². The van der Waals surface area contributed by atoms with E-state index in [0.717, 1.165) is 51.4 Å². The minimum Gasteiger partial charge on any atom is -0.481 e. The van der Waals surface area contributed by atoms with Crippen molar-refractivity contribution in [1.29, 1.82) is 0 Å². The van der Waals surface area contributed by atoms with E-state index in [-0.39, 0.29) is 63.7 Å². The molecule has 358 valence electrons. The molecule has 18 heteroatoms. The summed E-state index contributed by atoms with van der Waals surface area (Å²) >= 11 is 0. The standard InChI is InChI=1S/C45H75N5O13/c1-44(2,41(53)54)24-28-59-45(3,4)23-27-47-39(51)31(17-13-15-25-46)49-40(52)32(50-43(56)58-30-38-62-35-21-11-7-8-12-22-36(35)63-38)18-14-16-26-48-42(55)57-29-37-60-33-19-9-5-6-10-20-34(33)61-37/h5-8,31-38H,9-30,46H2,1-4H3,(H,47,51)(H,48,55)(H,49,52)(H,50,56)(H,53,54)/b6-5+,8-7+. The highest BCUT2D eigenvalue weighted by Gasteiger charge is 2.38. The van der Waals surface area contributed by atoms with Gasteiger partial charge in [-0.15, -0.1) is 0 Å². The summed E-state index contributed by atoms with van der Waals surface area (Å²) in [5.41, 5.74) is 4.15. The van der Waals surface area contributed by atoms with Gasteiger partial charge in [0, 0.05) is 19.7 Å². The van der Waals surface area contributed by atoms with E-state index in [4.69, 9.17) is 38.9 Å². The second-order valence-corrected chi connectivity index (χ2v) is 18.1. The lowest BCUT2D eigenvalue weighted by atomic mass is 9.90. The third kappa shape index (κ3) is 19.1. The van der Waals surface area contributed by atoms with Crippen molar-refractivity contribution in [3.63, 3.8) is 0 Å². The SMILES string of the molecule is CC(C)(CCNC(=O)C(CCCCN)NC(=O)C(CCCCNC(=O)OCC1OC2CC/C=C/CCC2O1)NC(=O)OCC1OC2CC/C=C/CCC2O1)OCCC(C)(C)C(=O)O. The summed E-state index contributed by atoms with van der Waals surface area (Å²) in [6.07, 6.45) is 15.8. The number of alkyl carbamates (subject to hydrolysis) is 2. The maximum atomic E-state index is 13.9. The topological polar surface area (TPSA) is 244 Å². The summed E-state index contributed by atoms with van der Waals surface area (Å²) in [6.45, 7) is 7.96. The van der Waals surface area contributed by atoms with Crippen LogP contribution in [0.2, 0.25) is 0 Å². The maximum absolute atomic E-state index is 13.9. The van der Waals surface area contributed by atoms with Crippen molar-refractivity contribution in [2.24, 2.45) is 11.1 Å². The number of carboxylic acid groups (broad SMARTS) is 1. The van der Waals surface area contributed by atoms with Gasteiger partial charge in [-0.05, 0) is 137 Å². The van der Waals surface area contributed by atoms with Crippen molar-refractivity contribution in [3.05, 3.63) is 24.3 Å². The number of carboxylic acids is 1. The number of fused-ring (bicyclic) bond motifs is 2. The third-order valence-electron chi connectivity index (χ3n) is 11.8. The van der Waals surface area contributed by atoms with Crippen LogP contribution in [0.3, 0.4) is 0 Å². The third-order valence-corrected chi connectivity index (χ3v) is 11.8. The lowest BCUT2D eigenvalue weighted by Crippen LogP contribution is -2.54. The van der Waals surface area contributed by atoms with Gasteiger partial charge in [0.05, 0.1) is 35.4 Å². The van der Waals surface area contributed by atoms with Crippen LogP contribution < -0.4 is 27.0 Å². The molecule has 2 aliphatic carbocycles.